The summed E-state index contributed by atoms with van der Waals surface area (Å²) in [7, 11) is 5.63. The van der Waals surface area contributed by atoms with Crippen molar-refractivity contribution >= 4 is 41.0 Å². The minimum Gasteiger partial charge on any atom is -0.390 e. The molecular weight excluding hydrogens is 379 g/mol. The molecule has 12 heteroatoms. The fraction of sp³-hybridized carbons (Fsp3) is 0.333. The van der Waals surface area contributed by atoms with Crippen molar-refractivity contribution < 1.29 is 23.4 Å². The van der Waals surface area contributed by atoms with E-state index in [4.69, 9.17) is 17.3 Å². The van der Waals surface area contributed by atoms with Crippen LogP contribution in [0.4, 0.5) is 19.0 Å². The first-order valence-electron chi connectivity index (χ1n) is 8.10. The monoisotopic (exact) mass is 397 g/mol. The number of aromatic nitrogens is 2. The normalized spacial score (nSPS) is 16.0. The van der Waals surface area contributed by atoms with Gasteiger partial charge in [0.15, 0.2) is 11.0 Å². The maximum atomic E-state index is 13.6. The maximum absolute atomic E-state index is 13.6. The highest BCUT2D eigenvalue weighted by Crippen LogP contribution is 2.43. The summed E-state index contributed by atoms with van der Waals surface area (Å²) in [5.41, 5.74) is 2.78. The van der Waals surface area contributed by atoms with E-state index >= 15 is 0 Å². The van der Waals surface area contributed by atoms with Gasteiger partial charge in [0.05, 0.1) is 41.5 Å². The standard InChI is InChI=1S/C15H18B3ClF3N3O2/c1-6(26)13(27,15(20,21)22)7-2-3-9(14(16,17)18)8(4-7)10-5-24-12(23)11(19)25-10/h2-6,26-27H,16-18H2,1H3,(H2,23,24). The molecule has 0 fully saturated rings. The molecule has 0 aliphatic heterocycles. The molecule has 0 spiro atoms. The van der Waals surface area contributed by atoms with E-state index < -0.39 is 28.6 Å². The predicted octanol–water partition coefficient (Wildman–Crippen LogP) is -0.481. The zero-order chi connectivity index (χ0) is 20.8. The number of halogens is 4. The van der Waals surface area contributed by atoms with Gasteiger partial charge in [-0.1, -0.05) is 34.4 Å². The fourth-order valence-corrected chi connectivity index (χ4v) is 2.93. The molecule has 0 saturated heterocycles. The number of alkyl halides is 3. The zero-order valence-electron chi connectivity index (χ0n) is 15.3. The SMILES string of the molecule is BC(B)(B)c1ccc(C(O)(C(C)O)C(F)(F)F)cc1-c1cnc(N)c(Cl)n1. The molecule has 27 heavy (non-hydrogen) atoms. The molecule has 142 valence electrons. The van der Waals surface area contributed by atoms with Crippen molar-refractivity contribution in [3.05, 3.63) is 40.7 Å². The third-order valence-electron chi connectivity index (χ3n) is 4.34. The van der Waals surface area contributed by atoms with Gasteiger partial charge in [0, 0.05) is 5.56 Å². The van der Waals surface area contributed by atoms with Crippen LogP contribution in [0.5, 0.6) is 0 Å². The van der Waals surface area contributed by atoms with E-state index in [1.807, 2.05) is 23.5 Å². The Kier molecular flexibility index (Phi) is 5.62. The number of hydrogen-bond donors (Lipinski definition) is 3. The molecule has 0 saturated carbocycles. The summed E-state index contributed by atoms with van der Waals surface area (Å²) in [6, 6.07) is 3.77. The first kappa shape index (κ1) is 21.6. The minimum absolute atomic E-state index is 0.00958. The van der Waals surface area contributed by atoms with E-state index in [1.54, 1.807) is 0 Å². The number of aliphatic hydroxyl groups is 2. The Bertz CT molecular complexity index is 862. The summed E-state index contributed by atoms with van der Waals surface area (Å²) < 4.78 is 40.7. The number of benzene rings is 1. The fourth-order valence-electron chi connectivity index (χ4n) is 2.79. The van der Waals surface area contributed by atoms with Crippen LogP contribution in [0, 0.1) is 0 Å². The van der Waals surface area contributed by atoms with Crippen molar-refractivity contribution in [1.29, 1.82) is 0 Å². The topological polar surface area (TPSA) is 92.3 Å². The third kappa shape index (κ3) is 3.95. The van der Waals surface area contributed by atoms with E-state index in [-0.39, 0.29) is 16.7 Å². The molecule has 2 atom stereocenters. The molecule has 1 aromatic heterocycles. The van der Waals surface area contributed by atoms with Gasteiger partial charge in [0.2, 0.25) is 5.60 Å². The van der Waals surface area contributed by atoms with Gasteiger partial charge in [-0.05, 0) is 18.6 Å². The van der Waals surface area contributed by atoms with Crippen LogP contribution in [-0.2, 0) is 10.7 Å². The Hall–Kier alpha value is -1.71. The van der Waals surface area contributed by atoms with E-state index in [9.17, 15) is 23.4 Å². The lowest BCUT2D eigenvalue weighted by Gasteiger charge is -2.34. The highest BCUT2D eigenvalue weighted by atomic mass is 35.5. The summed E-state index contributed by atoms with van der Waals surface area (Å²) in [4.78, 5) is 8.00. The Labute approximate surface area is 162 Å². The summed E-state index contributed by atoms with van der Waals surface area (Å²) >= 11 is 5.92. The number of hydrogen-bond acceptors (Lipinski definition) is 5. The molecule has 5 nitrogen and oxygen atoms in total. The van der Waals surface area contributed by atoms with Crippen LogP contribution in [-0.4, -0.2) is 56.0 Å². The molecule has 0 amide bonds. The van der Waals surface area contributed by atoms with Crippen molar-refractivity contribution in [3.8, 4) is 11.3 Å². The van der Waals surface area contributed by atoms with Gasteiger partial charge in [0.25, 0.3) is 0 Å². The van der Waals surface area contributed by atoms with E-state index in [0.29, 0.717) is 11.1 Å². The molecular formula is C15H18B3ClF3N3O2. The molecule has 0 radical (unpaired) electrons. The van der Waals surface area contributed by atoms with Crippen LogP contribution in [0.3, 0.4) is 0 Å². The van der Waals surface area contributed by atoms with Crippen molar-refractivity contribution in [1.82, 2.24) is 9.97 Å². The second-order valence-corrected chi connectivity index (χ2v) is 7.74. The van der Waals surface area contributed by atoms with Crippen molar-refractivity contribution in [2.24, 2.45) is 0 Å². The van der Waals surface area contributed by atoms with Crippen LogP contribution >= 0.6 is 11.6 Å². The van der Waals surface area contributed by atoms with Crippen molar-refractivity contribution in [3.63, 3.8) is 0 Å². The first-order chi connectivity index (χ1) is 12.2. The largest absolute Gasteiger partial charge is 0.424 e. The molecule has 2 unspecified atom stereocenters. The highest BCUT2D eigenvalue weighted by molar-refractivity contribution is 6.59. The molecule has 1 heterocycles. The highest BCUT2D eigenvalue weighted by Gasteiger charge is 2.58. The number of rotatable bonds is 4. The Morgan fingerprint density at radius 3 is 2.26 bits per heavy atom. The number of nitrogens with zero attached hydrogens (tertiary/aromatic N) is 2. The van der Waals surface area contributed by atoms with E-state index in [0.717, 1.165) is 19.1 Å². The molecule has 0 aliphatic carbocycles. The summed E-state index contributed by atoms with van der Waals surface area (Å²) in [6.07, 6.45) is -5.89. The van der Waals surface area contributed by atoms with Gasteiger partial charge in [-0.3, -0.25) is 0 Å². The summed E-state index contributed by atoms with van der Waals surface area (Å²) in [6.45, 7) is 0.880. The smallest absolute Gasteiger partial charge is 0.390 e. The molecule has 0 aliphatic rings. The molecule has 1 aromatic carbocycles. The van der Waals surface area contributed by atoms with Crippen LogP contribution < -0.4 is 5.73 Å². The lowest BCUT2D eigenvalue weighted by Crippen LogP contribution is -2.50. The first-order valence-corrected chi connectivity index (χ1v) is 8.48. The number of aliphatic hydroxyl groups excluding tert-OH is 1. The molecule has 2 rings (SSSR count). The lowest BCUT2D eigenvalue weighted by molar-refractivity contribution is -0.295. The van der Waals surface area contributed by atoms with Gasteiger partial charge in [-0.2, -0.15) is 13.2 Å². The van der Waals surface area contributed by atoms with Crippen molar-refractivity contribution in [2.45, 2.75) is 29.9 Å². The van der Waals surface area contributed by atoms with Gasteiger partial charge in [-0.25, -0.2) is 9.97 Å². The van der Waals surface area contributed by atoms with Gasteiger partial charge in [0.1, 0.15) is 0 Å². The van der Waals surface area contributed by atoms with E-state index in [1.165, 1.54) is 12.3 Å². The average molecular weight is 397 g/mol. The molecule has 0 bridgehead atoms. The molecule has 4 N–H and O–H groups in total. The minimum atomic E-state index is -5.09. The van der Waals surface area contributed by atoms with Crippen LogP contribution in [0.1, 0.15) is 18.1 Å². The Morgan fingerprint density at radius 2 is 1.81 bits per heavy atom. The zero-order valence-corrected chi connectivity index (χ0v) is 16.0. The second kappa shape index (κ2) is 7.03. The maximum Gasteiger partial charge on any atom is 0.424 e. The van der Waals surface area contributed by atoms with Gasteiger partial charge >= 0.3 is 6.18 Å². The molecule has 2 aromatic rings. The van der Waals surface area contributed by atoms with Gasteiger partial charge < -0.3 is 15.9 Å². The van der Waals surface area contributed by atoms with Crippen molar-refractivity contribution in [2.75, 3.05) is 5.73 Å². The average Bonchev–Trinajstić information content (AvgIpc) is 2.54. The second-order valence-electron chi connectivity index (χ2n) is 7.38. The lowest BCUT2D eigenvalue weighted by atomic mass is 9.39. The van der Waals surface area contributed by atoms with E-state index in [2.05, 4.69) is 9.97 Å². The third-order valence-corrected chi connectivity index (χ3v) is 4.61. The van der Waals surface area contributed by atoms with Crippen LogP contribution in [0.2, 0.25) is 5.15 Å². The number of anilines is 1. The Balaban J connectivity index is 2.81. The number of nitrogen functional groups attached to an aromatic ring is 1. The number of nitrogens with two attached hydrogens (primary N) is 1. The van der Waals surface area contributed by atoms with Crippen LogP contribution in [0.15, 0.2) is 24.4 Å². The predicted molar refractivity (Wildman–Crippen MR) is 106 cm³/mol. The Morgan fingerprint density at radius 1 is 1.22 bits per heavy atom. The van der Waals surface area contributed by atoms with Crippen LogP contribution in [0.25, 0.3) is 11.3 Å². The summed E-state index contributed by atoms with van der Waals surface area (Å²) in [5.74, 6) is -0.00958. The summed E-state index contributed by atoms with van der Waals surface area (Å²) in [5, 5.41) is 19.5. The van der Waals surface area contributed by atoms with Gasteiger partial charge in [-0.15, -0.1) is 0 Å². The quantitative estimate of drug-likeness (QED) is 0.607.